The predicted octanol–water partition coefficient (Wildman–Crippen LogP) is 4.73. The maximum absolute atomic E-state index is 12.8. The van der Waals surface area contributed by atoms with Gasteiger partial charge in [-0.15, -0.1) is 0 Å². The Morgan fingerprint density at radius 1 is 0.879 bits per heavy atom. The first-order valence-corrected chi connectivity index (χ1v) is 11.2. The normalized spacial score (nSPS) is 10.9. The van der Waals surface area contributed by atoms with Gasteiger partial charge in [0.25, 0.3) is 0 Å². The molecule has 0 aliphatic rings. The molecule has 174 valence electrons. The zero-order chi connectivity index (χ0) is 23.8. The molecule has 0 radical (unpaired) electrons. The van der Waals surface area contributed by atoms with Gasteiger partial charge in [0.1, 0.15) is 11.3 Å². The van der Waals surface area contributed by atoms with Crippen molar-refractivity contribution >= 4 is 11.9 Å². The third-order valence-electron chi connectivity index (χ3n) is 5.37. The van der Waals surface area contributed by atoms with Gasteiger partial charge in [-0.05, 0) is 43.6 Å². The molecule has 0 unspecified atom stereocenters. The molecule has 0 atom stereocenters. The lowest BCUT2D eigenvalue weighted by Gasteiger charge is -2.21. The van der Waals surface area contributed by atoms with Gasteiger partial charge >= 0.3 is 11.9 Å². The summed E-state index contributed by atoms with van der Waals surface area (Å²) in [5.74, 6) is -1.31. The van der Waals surface area contributed by atoms with E-state index >= 15 is 0 Å². The van der Waals surface area contributed by atoms with Crippen LogP contribution in [-0.2, 0) is 16.0 Å². The van der Waals surface area contributed by atoms with Gasteiger partial charge in [-0.2, -0.15) is 5.10 Å². The standard InChI is InChI=1S/C26H31N3O4/c1-5-16-28(17-6-2)18-19-12-14-20(15-13-19)23-22(25(30)32-3)24(26(31)33-4)29(27-23)21-10-8-7-9-11-21/h7-15H,5-6,16-18H2,1-4H3. The van der Waals surface area contributed by atoms with Crippen LogP contribution in [0.5, 0.6) is 0 Å². The van der Waals surface area contributed by atoms with Gasteiger partial charge in [-0.3, -0.25) is 4.90 Å². The molecule has 0 saturated carbocycles. The molecule has 7 heteroatoms. The van der Waals surface area contributed by atoms with E-state index in [2.05, 4.69) is 23.8 Å². The molecule has 0 spiro atoms. The fourth-order valence-corrected chi connectivity index (χ4v) is 3.89. The highest BCUT2D eigenvalue weighted by Crippen LogP contribution is 2.29. The molecule has 2 aromatic carbocycles. The van der Waals surface area contributed by atoms with Crippen LogP contribution >= 0.6 is 0 Å². The van der Waals surface area contributed by atoms with Gasteiger partial charge in [0.05, 0.1) is 19.9 Å². The van der Waals surface area contributed by atoms with Gasteiger partial charge in [0, 0.05) is 12.1 Å². The van der Waals surface area contributed by atoms with E-state index in [1.54, 1.807) is 0 Å². The second-order valence-electron chi connectivity index (χ2n) is 7.78. The third-order valence-corrected chi connectivity index (χ3v) is 5.37. The van der Waals surface area contributed by atoms with E-state index in [0.717, 1.165) is 38.0 Å². The summed E-state index contributed by atoms with van der Waals surface area (Å²) in [5.41, 5.74) is 3.02. The molecule has 0 fully saturated rings. The topological polar surface area (TPSA) is 73.7 Å². The van der Waals surface area contributed by atoms with Crippen molar-refractivity contribution in [2.24, 2.45) is 0 Å². The lowest BCUT2D eigenvalue weighted by Crippen LogP contribution is -2.24. The first-order chi connectivity index (χ1) is 16.0. The second-order valence-corrected chi connectivity index (χ2v) is 7.78. The smallest absolute Gasteiger partial charge is 0.357 e. The Hall–Kier alpha value is -3.45. The van der Waals surface area contributed by atoms with Gasteiger partial charge in [0.15, 0.2) is 5.69 Å². The zero-order valence-corrected chi connectivity index (χ0v) is 19.7. The molecule has 0 amide bonds. The molecule has 1 heterocycles. The Bertz CT molecular complexity index is 1070. The van der Waals surface area contributed by atoms with E-state index in [0.29, 0.717) is 11.4 Å². The van der Waals surface area contributed by atoms with E-state index in [-0.39, 0.29) is 11.3 Å². The quantitative estimate of drug-likeness (QED) is 0.417. The first-order valence-electron chi connectivity index (χ1n) is 11.2. The molecule has 7 nitrogen and oxygen atoms in total. The Labute approximate surface area is 194 Å². The number of ether oxygens (including phenoxy) is 2. The highest BCUT2D eigenvalue weighted by Gasteiger charge is 2.31. The maximum atomic E-state index is 12.8. The lowest BCUT2D eigenvalue weighted by atomic mass is 10.0. The number of benzene rings is 2. The van der Waals surface area contributed by atoms with Crippen LogP contribution in [0.1, 0.15) is 53.1 Å². The maximum Gasteiger partial charge on any atom is 0.357 e. The monoisotopic (exact) mass is 449 g/mol. The van der Waals surface area contributed by atoms with Crippen molar-refractivity contribution in [1.29, 1.82) is 0 Å². The van der Waals surface area contributed by atoms with Crippen molar-refractivity contribution in [3.8, 4) is 16.9 Å². The van der Waals surface area contributed by atoms with Gasteiger partial charge in [-0.25, -0.2) is 14.3 Å². The number of carbonyl (C=O) groups excluding carboxylic acids is 2. The summed E-state index contributed by atoms with van der Waals surface area (Å²) in [7, 11) is 2.56. The average Bonchev–Trinajstić information content (AvgIpc) is 3.25. The van der Waals surface area contributed by atoms with Gasteiger partial charge in [0.2, 0.25) is 0 Å². The van der Waals surface area contributed by atoms with Crippen LogP contribution in [0.25, 0.3) is 16.9 Å². The number of rotatable bonds is 10. The summed E-state index contributed by atoms with van der Waals surface area (Å²) in [4.78, 5) is 27.9. The first kappa shape index (κ1) is 24.2. The highest BCUT2D eigenvalue weighted by molar-refractivity contribution is 6.06. The van der Waals surface area contributed by atoms with E-state index < -0.39 is 11.9 Å². The summed E-state index contributed by atoms with van der Waals surface area (Å²) in [6, 6.07) is 17.1. The number of carbonyl (C=O) groups is 2. The predicted molar refractivity (Wildman–Crippen MR) is 128 cm³/mol. The number of esters is 2. The Morgan fingerprint density at radius 2 is 1.48 bits per heavy atom. The van der Waals surface area contributed by atoms with Crippen LogP contribution < -0.4 is 0 Å². The zero-order valence-electron chi connectivity index (χ0n) is 19.7. The number of hydrogen-bond acceptors (Lipinski definition) is 6. The molecule has 0 N–H and O–H groups in total. The molecule has 3 rings (SSSR count). The molecule has 1 aromatic heterocycles. The number of methoxy groups -OCH3 is 2. The highest BCUT2D eigenvalue weighted by atomic mass is 16.5. The minimum absolute atomic E-state index is 0.0340. The van der Waals surface area contributed by atoms with Crippen molar-refractivity contribution in [2.45, 2.75) is 33.2 Å². The molecule has 0 bridgehead atoms. The van der Waals surface area contributed by atoms with Crippen molar-refractivity contribution in [2.75, 3.05) is 27.3 Å². The summed E-state index contributed by atoms with van der Waals surface area (Å²) < 4.78 is 11.4. The Balaban J connectivity index is 2.07. The largest absolute Gasteiger partial charge is 0.465 e. The van der Waals surface area contributed by atoms with E-state index in [1.165, 1.54) is 24.5 Å². The molecular formula is C26H31N3O4. The molecular weight excluding hydrogens is 418 g/mol. The summed E-state index contributed by atoms with van der Waals surface area (Å²) in [6.45, 7) is 7.32. The van der Waals surface area contributed by atoms with Crippen molar-refractivity contribution < 1.29 is 19.1 Å². The number of aromatic nitrogens is 2. The average molecular weight is 450 g/mol. The molecule has 0 aliphatic heterocycles. The van der Waals surface area contributed by atoms with Crippen LogP contribution in [-0.4, -0.2) is 53.9 Å². The number of hydrogen-bond donors (Lipinski definition) is 0. The van der Waals surface area contributed by atoms with Crippen molar-refractivity contribution in [1.82, 2.24) is 14.7 Å². The molecule has 0 saturated heterocycles. The fraction of sp³-hybridized carbons (Fsp3) is 0.346. The summed E-state index contributed by atoms with van der Waals surface area (Å²) >= 11 is 0. The van der Waals surface area contributed by atoms with Crippen LogP contribution in [0.2, 0.25) is 0 Å². The lowest BCUT2D eigenvalue weighted by molar-refractivity contribution is 0.0549. The van der Waals surface area contributed by atoms with Gasteiger partial charge < -0.3 is 9.47 Å². The SMILES string of the molecule is CCCN(CCC)Cc1ccc(-c2nn(-c3ccccc3)c(C(=O)OC)c2C(=O)OC)cc1. The second kappa shape index (κ2) is 11.4. The summed E-state index contributed by atoms with van der Waals surface area (Å²) in [6.07, 6.45) is 2.21. The number of nitrogens with zero attached hydrogens (tertiary/aromatic N) is 3. The van der Waals surface area contributed by atoms with Gasteiger partial charge in [-0.1, -0.05) is 56.3 Å². The Kier molecular flexibility index (Phi) is 8.38. The summed E-state index contributed by atoms with van der Waals surface area (Å²) in [5, 5.41) is 4.64. The van der Waals surface area contributed by atoms with E-state index in [4.69, 9.17) is 9.47 Å². The van der Waals surface area contributed by atoms with Crippen LogP contribution in [0.3, 0.4) is 0 Å². The molecule has 0 aliphatic carbocycles. The van der Waals surface area contributed by atoms with Crippen molar-refractivity contribution in [3.05, 3.63) is 71.4 Å². The van der Waals surface area contributed by atoms with Crippen LogP contribution in [0.15, 0.2) is 54.6 Å². The molecule has 33 heavy (non-hydrogen) atoms. The molecule has 3 aromatic rings. The van der Waals surface area contributed by atoms with E-state index in [1.807, 2.05) is 54.6 Å². The Morgan fingerprint density at radius 3 is 2.03 bits per heavy atom. The minimum Gasteiger partial charge on any atom is -0.465 e. The van der Waals surface area contributed by atoms with E-state index in [9.17, 15) is 9.59 Å². The minimum atomic E-state index is -0.663. The fourth-order valence-electron chi connectivity index (χ4n) is 3.89. The number of para-hydroxylation sites is 1. The van der Waals surface area contributed by atoms with Crippen LogP contribution in [0, 0.1) is 0 Å². The van der Waals surface area contributed by atoms with Crippen LogP contribution in [0.4, 0.5) is 0 Å². The van der Waals surface area contributed by atoms with Crippen molar-refractivity contribution in [3.63, 3.8) is 0 Å². The third kappa shape index (κ3) is 5.49.